The van der Waals surface area contributed by atoms with E-state index in [2.05, 4.69) is 0 Å². The molecule has 0 aromatic carbocycles. The third-order valence-corrected chi connectivity index (χ3v) is 3.49. The van der Waals surface area contributed by atoms with Crippen molar-refractivity contribution in [2.24, 2.45) is 11.7 Å². The van der Waals surface area contributed by atoms with Gasteiger partial charge in [-0.3, -0.25) is 0 Å². The molecule has 0 aromatic heterocycles. The van der Waals surface area contributed by atoms with Crippen LogP contribution in [0, 0.1) is 5.92 Å². The lowest BCUT2D eigenvalue weighted by molar-refractivity contribution is 0.0543. The molecule has 1 fully saturated rings. The number of ether oxygens (including phenoxy) is 1. The van der Waals surface area contributed by atoms with Gasteiger partial charge in [0.05, 0.1) is 25.4 Å². The number of aliphatic hydroxyl groups is 2. The van der Waals surface area contributed by atoms with Gasteiger partial charge in [0, 0.05) is 6.61 Å². The predicted molar refractivity (Wildman–Crippen MR) is 67.7 cm³/mol. The van der Waals surface area contributed by atoms with Crippen LogP contribution in [0.1, 0.15) is 44.9 Å². The molecule has 4 heteroatoms. The Labute approximate surface area is 104 Å². The Balaban J connectivity index is 1.98. The average Bonchev–Trinajstić information content (AvgIpc) is 2.35. The molecule has 0 bridgehead atoms. The Morgan fingerprint density at radius 1 is 1.24 bits per heavy atom. The highest BCUT2D eigenvalue weighted by atomic mass is 16.5. The second-order valence-corrected chi connectivity index (χ2v) is 5.20. The van der Waals surface area contributed by atoms with Gasteiger partial charge in [-0.2, -0.15) is 0 Å². The molecule has 2 atom stereocenters. The van der Waals surface area contributed by atoms with Crippen LogP contribution in [-0.4, -0.2) is 42.2 Å². The highest BCUT2D eigenvalue weighted by Gasteiger charge is 2.17. The van der Waals surface area contributed by atoms with Crippen LogP contribution < -0.4 is 5.73 Å². The quantitative estimate of drug-likeness (QED) is 0.559. The van der Waals surface area contributed by atoms with Crippen LogP contribution in [0.15, 0.2) is 0 Å². The van der Waals surface area contributed by atoms with E-state index in [0.717, 1.165) is 6.42 Å². The first-order valence-corrected chi connectivity index (χ1v) is 6.84. The first-order valence-electron chi connectivity index (χ1n) is 6.84. The van der Waals surface area contributed by atoms with E-state index < -0.39 is 0 Å². The molecule has 0 aromatic rings. The summed E-state index contributed by atoms with van der Waals surface area (Å²) >= 11 is 0. The van der Waals surface area contributed by atoms with E-state index in [1.165, 1.54) is 32.1 Å². The lowest BCUT2D eigenvalue weighted by Crippen LogP contribution is -2.30. The molecule has 102 valence electrons. The summed E-state index contributed by atoms with van der Waals surface area (Å²) in [5.74, 6) is 0.707. The van der Waals surface area contributed by atoms with Gasteiger partial charge in [-0.15, -0.1) is 0 Å². The molecule has 1 aliphatic carbocycles. The Kier molecular flexibility index (Phi) is 7.77. The van der Waals surface area contributed by atoms with Crippen LogP contribution in [0.3, 0.4) is 0 Å². The van der Waals surface area contributed by atoms with Gasteiger partial charge in [0.2, 0.25) is 0 Å². The average molecular weight is 245 g/mol. The third-order valence-electron chi connectivity index (χ3n) is 3.49. The molecule has 0 spiro atoms. The summed E-state index contributed by atoms with van der Waals surface area (Å²) in [5.41, 5.74) is 5.50. The molecule has 0 heterocycles. The normalized spacial score (nSPS) is 21.4. The van der Waals surface area contributed by atoms with Crippen molar-refractivity contribution in [1.82, 2.24) is 0 Å². The fraction of sp³-hybridized carbons (Fsp3) is 1.00. The molecule has 1 aliphatic rings. The van der Waals surface area contributed by atoms with Crippen molar-refractivity contribution in [2.45, 2.75) is 57.1 Å². The number of aliphatic hydroxyl groups excluding tert-OH is 2. The zero-order valence-corrected chi connectivity index (χ0v) is 10.7. The van der Waals surface area contributed by atoms with Gasteiger partial charge in [-0.1, -0.05) is 32.1 Å². The molecule has 4 N–H and O–H groups in total. The molecule has 0 amide bonds. The molecular weight excluding hydrogens is 218 g/mol. The molecule has 17 heavy (non-hydrogen) atoms. The summed E-state index contributed by atoms with van der Waals surface area (Å²) in [6.07, 6.45) is 7.88. The summed E-state index contributed by atoms with van der Waals surface area (Å²) < 4.78 is 5.30. The first-order chi connectivity index (χ1) is 8.22. The van der Waals surface area contributed by atoms with E-state index in [0.29, 0.717) is 25.6 Å². The smallest absolute Gasteiger partial charge is 0.0639 e. The Bertz CT molecular complexity index is 184. The van der Waals surface area contributed by atoms with Crippen molar-refractivity contribution < 1.29 is 14.9 Å². The van der Waals surface area contributed by atoms with Gasteiger partial charge < -0.3 is 20.7 Å². The van der Waals surface area contributed by atoms with Crippen molar-refractivity contribution >= 4 is 0 Å². The second-order valence-electron chi connectivity index (χ2n) is 5.20. The molecular formula is C13H27NO3. The zero-order chi connectivity index (χ0) is 12.5. The van der Waals surface area contributed by atoms with E-state index in [9.17, 15) is 5.11 Å². The number of hydrogen-bond acceptors (Lipinski definition) is 4. The van der Waals surface area contributed by atoms with Gasteiger partial charge >= 0.3 is 0 Å². The van der Waals surface area contributed by atoms with Crippen LogP contribution in [-0.2, 0) is 4.74 Å². The molecule has 0 aliphatic heterocycles. The third kappa shape index (κ3) is 6.99. The number of hydrogen-bond donors (Lipinski definition) is 3. The van der Waals surface area contributed by atoms with E-state index >= 15 is 0 Å². The maximum Gasteiger partial charge on any atom is 0.0639 e. The van der Waals surface area contributed by atoms with E-state index in [1.54, 1.807) is 0 Å². The van der Waals surface area contributed by atoms with Crippen molar-refractivity contribution in [1.29, 1.82) is 0 Å². The van der Waals surface area contributed by atoms with Crippen molar-refractivity contribution in [3.8, 4) is 0 Å². The SMILES string of the molecule is N[C@@H](CO)COCC[C@H](O)CC1CCCCC1. The molecule has 0 saturated heterocycles. The van der Waals surface area contributed by atoms with Crippen LogP contribution in [0.25, 0.3) is 0 Å². The summed E-state index contributed by atoms with van der Waals surface area (Å²) in [5, 5.41) is 18.6. The maximum atomic E-state index is 9.86. The zero-order valence-electron chi connectivity index (χ0n) is 10.7. The van der Waals surface area contributed by atoms with Gasteiger partial charge in [-0.05, 0) is 18.8 Å². The van der Waals surface area contributed by atoms with Gasteiger partial charge in [-0.25, -0.2) is 0 Å². The summed E-state index contributed by atoms with van der Waals surface area (Å²) in [4.78, 5) is 0. The largest absolute Gasteiger partial charge is 0.395 e. The standard InChI is InChI=1S/C13H27NO3/c14-12(9-15)10-17-7-6-13(16)8-11-4-2-1-3-5-11/h11-13,15-16H,1-10,14H2/t12-,13-/m0/s1. The summed E-state index contributed by atoms with van der Waals surface area (Å²) in [6, 6.07) is -0.300. The monoisotopic (exact) mass is 245 g/mol. The molecule has 4 nitrogen and oxygen atoms in total. The Hall–Kier alpha value is -0.160. The minimum absolute atomic E-state index is 0.0510. The fourth-order valence-electron chi connectivity index (χ4n) is 2.43. The Morgan fingerprint density at radius 2 is 1.94 bits per heavy atom. The van der Waals surface area contributed by atoms with Gasteiger partial charge in [0.25, 0.3) is 0 Å². The fourth-order valence-corrected chi connectivity index (χ4v) is 2.43. The second kappa shape index (κ2) is 8.86. The van der Waals surface area contributed by atoms with Crippen LogP contribution >= 0.6 is 0 Å². The lowest BCUT2D eigenvalue weighted by Gasteiger charge is -2.24. The predicted octanol–water partition coefficient (Wildman–Crippen LogP) is 1.04. The first kappa shape index (κ1) is 14.9. The summed E-state index contributed by atoms with van der Waals surface area (Å²) in [6.45, 7) is 0.846. The highest BCUT2D eigenvalue weighted by Crippen LogP contribution is 2.27. The van der Waals surface area contributed by atoms with Crippen molar-refractivity contribution in [2.75, 3.05) is 19.8 Å². The van der Waals surface area contributed by atoms with Crippen LogP contribution in [0.5, 0.6) is 0 Å². The maximum absolute atomic E-state index is 9.86. The minimum atomic E-state index is -0.300. The van der Waals surface area contributed by atoms with Gasteiger partial charge in [0.15, 0.2) is 0 Å². The van der Waals surface area contributed by atoms with Crippen LogP contribution in [0.2, 0.25) is 0 Å². The van der Waals surface area contributed by atoms with E-state index in [1.807, 2.05) is 0 Å². The van der Waals surface area contributed by atoms with Crippen LogP contribution in [0.4, 0.5) is 0 Å². The lowest BCUT2D eigenvalue weighted by atomic mass is 9.85. The molecule has 1 rings (SSSR count). The molecule has 0 radical (unpaired) electrons. The van der Waals surface area contributed by atoms with Crippen molar-refractivity contribution in [3.05, 3.63) is 0 Å². The van der Waals surface area contributed by atoms with E-state index in [4.69, 9.17) is 15.6 Å². The highest BCUT2D eigenvalue weighted by molar-refractivity contribution is 4.69. The number of nitrogens with two attached hydrogens (primary N) is 1. The minimum Gasteiger partial charge on any atom is -0.395 e. The molecule has 1 saturated carbocycles. The molecule has 0 unspecified atom stereocenters. The summed E-state index contributed by atoms with van der Waals surface area (Å²) in [7, 11) is 0. The number of rotatable bonds is 8. The topological polar surface area (TPSA) is 75.7 Å². The van der Waals surface area contributed by atoms with Crippen molar-refractivity contribution in [3.63, 3.8) is 0 Å². The van der Waals surface area contributed by atoms with Gasteiger partial charge in [0.1, 0.15) is 0 Å². The van der Waals surface area contributed by atoms with E-state index in [-0.39, 0.29) is 18.8 Å². The Morgan fingerprint density at radius 3 is 2.59 bits per heavy atom.